The highest BCUT2D eigenvalue weighted by atomic mass is 35.5. The summed E-state index contributed by atoms with van der Waals surface area (Å²) in [6.45, 7) is 4.23. The molecule has 1 aromatic rings. The van der Waals surface area contributed by atoms with Crippen molar-refractivity contribution in [3.8, 4) is 0 Å². The molecule has 0 saturated carbocycles. The van der Waals surface area contributed by atoms with Crippen LogP contribution in [0.5, 0.6) is 0 Å². The van der Waals surface area contributed by atoms with Gasteiger partial charge in [-0.3, -0.25) is 0 Å². The summed E-state index contributed by atoms with van der Waals surface area (Å²) in [5.41, 5.74) is 1.65. The quantitative estimate of drug-likeness (QED) is 0.623. The van der Waals surface area contributed by atoms with Crippen molar-refractivity contribution in [3.63, 3.8) is 0 Å². The standard InChI is InChI=1S/C11H14ClN/c1-11(7-8-13(12)9-11)10-5-3-2-4-6-10/h2-6H,7-9H2,1H3. The summed E-state index contributed by atoms with van der Waals surface area (Å²) < 4.78 is 1.88. The van der Waals surface area contributed by atoms with E-state index in [-0.39, 0.29) is 5.41 Å². The molecule has 1 unspecified atom stereocenters. The highest BCUT2D eigenvalue weighted by Gasteiger charge is 2.34. The van der Waals surface area contributed by atoms with Crippen molar-refractivity contribution in [2.45, 2.75) is 18.8 Å². The molecule has 1 nitrogen and oxygen atoms in total. The summed E-state index contributed by atoms with van der Waals surface area (Å²) in [4.78, 5) is 0. The van der Waals surface area contributed by atoms with Crippen LogP contribution in [0.25, 0.3) is 0 Å². The molecule has 0 aliphatic carbocycles. The van der Waals surface area contributed by atoms with Gasteiger partial charge < -0.3 is 0 Å². The van der Waals surface area contributed by atoms with Gasteiger partial charge in [0, 0.05) is 18.5 Å². The summed E-state index contributed by atoms with van der Waals surface area (Å²) in [6, 6.07) is 10.6. The van der Waals surface area contributed by atoms with Crippen LogP contribution >= 0.6 is 11.8 Å². The molecular formula is C11H14ClN. The Kier molecular flexibility index (Phi) is 2.31. The summed E-state index contributed by atoms with van der Waals surface area (Å²) in [5, 5.41) is 0. The van der Waals surface area contributed by atoms with Gasteiger partial charge in [-0.2, -0.15) is 0 Å². The van der Waals surface area contributed by atoms with Crippen molar-refractivity contribution >= 4 is 11.8 Å². The molecule has 0 radical (unpaired) electrons. The smallest absolute Gasteiger partial charge is 0.0234 e. The van der Waals surface area contributed by atoms with E-state index in [0.29, 0.717) is 0 Å². The van der Waals surface area contributed by atoms with E-state index in [4.69, 9.17) is 11.8 Å². The van der Waals surface area contributed by atoms with Gasteiger partial charge in [0.05, 0.1) is 0 Å². The number of benzene rings is 1. The first-order chi connectivity index (χ1) is 6.21. The van der Waals surface area contributed by atoms with Gasteiger partial charge in [0.25, 0.3) is 0 Å². The van der Waals surface area contributed by atoms with E-state index < -0.39 is 0 Å². The van der Waals surface area contributed by atoms with Crippen LogP contribution in [0.3, 0.4) is 0 Å². The first-order valence-electron chi connectivity index (χ1n) is 4.67. The third kappa shape index (κ3) is 1.72. The molecule has 0 amide bonds. The lowest BCUT2D eigenvalue weighted by Crippen LogP contribution is -2.24. The van der Waals surface area contributed by atoms with Crippen LogP contribution in [0.15, 0.2) is 30.3 Å². The van der Waals surface area contributed by atoms with Crippen molar-refractivity contribution in [2.24, 2.45) is 0 Å². The van der Waals surface area contributed by atoms with Gasteiger partial charge in [0.15, 0.2) is 0 Å². The second-order valence-electron chi connectivity index (χ2n) is 4.02. The zero-order chi connectivity index (χ0) is 9.31. The normalized spacial score (nSPS) is 29.4. The lowest BCUT2D eigenvalue weighted by atomic mass is 9.82. The number of nitrogens with zero attached hydrogens (tertiary/aromatic N) is 1. The van der Waals surface area contributed by atoms with Gasteiger partial charge in [-0.15, -0.1) is 0 Å². The molecule has 1 atom stereocenters. The Hall–Kier alpha value is -0.530. The minimum atomic E-state index is 0.253. The molecule has 1 saturated heterocycles. The molecule has 1 heterocycles. The Morgan fingerprint density at radius 2 is 2.00 bits per heavy atom. The number of rotatable bonds is 1. The van der Waals surface area contributed by atoms with Crippen molar-refractivity contribution < 1.29 is 0 Å². The lowest BCUT2D eigenvalue weighted by molar-refractivity contribution is 0.474. The predicted molar refractivity (Wildman–Crippen MR) is 55.8 cm³/mol. The molecule has 0 aromatic heterocycles. The van der Waals surface area contributed by atoms with Crippen molar-refractivity contribution in [1.29, 1.82) is 0 Å². The van der Waals surface area contributed by atoms with Gasteiger partial charge in [-0.1, -0.05) is 37.3 Å². The van der Waals surface area contributed by atoms with E-state index in [1.165, 1.54) is 5.56 Å². The fourth-order valence-corrected chi connectivity index (χ4v) is 2.33. The van der Waals surface area contributed by atoms with E-state index in [1.54, 1.807) is 0 Å². The van der Waals surface area contributed by atoms with Crippen molar-refractivity contribution in [2.75, 3.05) is 13.1 Å². The fraction of sp³-hybridized carbons (Fsp3) is 0.455. The van der Waals surface area contributed by atoms with Crippen LogP contribution in [0, 0.1) is 0 Å². The van der Waals surface area contributed by atoms with Gasteiger partial charge in [0.2, 0.25) is 0 Å². The third-order valence-electron chi connectivity index (χ3n) is 2.90. The zero-order valence-corrected chi connectivity index (χ0v) is 8.59. The highest BCUT2D eigenvalue weighted by Crippen LogP contribution is 2.34. The lowest BCUT2D eigenvalue weighted by Gasteiger charge is -2.23. The van der Waals surface area contributed by atoms with Crippen molar-refractivity contribution in [3.05, 3.63) is 35.9 Å². The highest BCUT2D eigenvalue weighted by molar-refractivity contribution is 6.13. The maximum absolute atomic E-state index is 5.98. The van der Waals surface area contributed by atoms with E-state index in [0.717, 1.165) is 19.5 Å². The molecular weight excluding hydrogens is 182 g/mol. The molecule has 1 fully saturated rings. The third-order valence-corrected chi connectivity index (χ3v) is 3.19. The largest absolute Gasteiger partial charge is 0.219 e. The van der Waals surface area contributed by atoms with Gasteiger partial charge in [-0.25, -0.2) is 4.42 Å². The van der Waals surface area contributed by atoms with E-state index in [1.807, 2.05) is 4.42 Å². The van der Waals surface area contributed by atoms with Crippen LogP contribution in [-0.2, 0) is 5.41 Å². The Bertz CT molecular complexity index is 285. The molecule has 1 aromatic carbocycles. The second-order valence-corrected chi connectivity index (χ2v) is 4.50. The summed E-state index contributed by atoms with van der Waals surface area (Å²) in [5.74, 6) is 0. The minimum absolute atomic E-state index is 0.253. The van der Waals surface area contributed by atoms with Gasteiger partial charge in [-0.05, 0) is 23.8 Å². The SMILES string of the molecule is CC1(c2ccccc2)CCN(Cl)C1. The average Bonchev–Trinajstić information content (AvgIpc) is 2.49. The summed E-state index contributed by atoms with van der Waals surface area (Å²) in [6.07, 6.45) is 1.15. The van der Waals surface area contributed by atoms with E-state index >= 15 is 0 Å². The maximum Gasteiger partial charge on any atom is 0.0234 e. The van der Waals surface area contributed by atoms with Crippen LogP contribution < -0.4 is 0 Å². The number of hydrogen-bond donors (Lipinski definition) is 0. The van der Waals surface area contributed by atoms with Gasteiger partial charge in [0.1, 0.15) is 0 Å². The molecule has 1 aliphatic heterocycles. The Morgan fingerprint density at radius 3 is 2.54 bits per heavy atom. The molecule has 70 valence electrons. The summed E-state index contributed by atoms with van der Waals surface area (Å²) >= 11 is 5.98. The molecule has 2 heteroatoms. The Balaban J connectivity index is 2.26. The maximum atomic E-state index is 5.98. The molecule has 0 bridgehead atoms. The van der Waals surface area contributed by atoms with Gasteiger partial charge >= 0.3 is 0 Å². The van der Waals surface area contributed by atoms with Crippen LogP contribution in [0.2, 0.25) is 0 Å². The Morgan fingerprint density at radius 1 is 1.31 bits per heavy atom. The van der Waals surface area contributed by atoms with Crippen LogP contribution in [-0.4, -0.2) is 17.5 Å². The average molecular weight is 196 g/mol. The number of halogens is 1. The van der Waals surface area contributed by atoms with Crippen LogP contribution in [0.4, 0.5) is 0 Å². The van der Waals surface area contributed by atoms with Crippen molar-refractivity contribution in [1.82, 2.24) is 4.42 Å². The predicted octanol–water partition coefficient (Wildman–Crippen LogP) is 2.80. The molecule has 0 spiro atoms. The summed E-state index contributed by atoms with van der Waals surface area (Å²) in [7, 11) is 0. The second kappa shape index (κ2) is 3.32. The first-order valence-corrected chi connectivity index (χ1v) is 5.01. The topological polar surface area (TPSA) is 3.24 Å². The number of hydrogen-bond acceptors (Lipinski definition) is 1. The fourth-order valence-electron chi connectivity index (χ4n) is 1.98. The van der Waals surface area contributed by atoms with E-state index in [2.05, 4.69) is 37.3 Å². The molecule has 2 rings (SSSR count). The zero-order valence-electron chi connectivity index (χ0n) is 7.83. The monoisotopic (exact) mass is 195 g/mol. The minimum Gasteiger partial charge on any atom is -0.219 e. The Labute approximate surface area is 84.4 Å². The molecule has 1 aliphatic rings. The van der Waals surface area contributed by atoms with E-state index in [9.17, 15) is 0 Å². The molecule has 13 heavy (non-hydrogen) atoms. The first kappa shape index (κ1) is 9.04. The van der Waals surface area contributed by atoms with Crippen LogP contribution in [0.1, 0.15) is 18.9 Å². The molecule has 0 N–H and O–H groups in total.